The molecule has 1 unspecified atom stereocenters. The molecule has 0 bridgehead atoms. The molecule has 18 heavy (non-hydrogen) atoms. The Morgan fingerprint density at radius 3 is 2.50 bits per heavy atom. The lowest BCUT2D eigenvalue weighted by Crippen LogP contribution is -2.24. The number of nitrogens with zero attached hydrogens (tertiary/aromatic N) is 1. The van der Waals surface area contributed by atoms with Crippen LogP contribution in [-0.4, -0.2) is 34.4 Å². The summed E-state index contributed by atoms with van der Waals surface area (Å²) in [5.41, 5.74) is -1.89. The Balaban J connectivity index is 3.15. The fourth-order valence-corrected chi connectivity index (χ4v) is 1.18. The standard InChI is InChI=1S/C9H9F3N2O4/c10-5-1-6(14(17)18)9(8(12)7(5)11)13-2-4(16)3-15/h1,4,13,15-16H,2-3H2. The van der Waals surface area contributed by atoms with E-state index in [2.05, 4.69) is 0 Å². The largest absolute Gasteiger partial charge is 0.394 e. The third-order valence-electron chi connectivity index (χ3n) is 2.06. The molecule has 0 amide bonds. The van der Waals surface area contributed by atoms with Gasteiger partial charge in [0, 0.05) is 6.54 Å². The van der Waals surface area contributed by atoms with Crippen LogP contribution in [-0.2, 0) is 0 Å². The van der Waals surface area contributed by atoms with Crippen LogP contribution in [0.4, 0.5) is 24.5 Å². The summed E-state index contributed by atoms with van der Waals surface area (Å²) in [6.07, 6.45) is -1.32. The number of aliphatic hydroxyl groups excluding tert-OH is 2. The maximum absolute atomic E-state index is 13.3. The minimum absolute atomic E-state index is 0.228. The van der Waals surface area contributed by atoms with Crippen LogP contribution < -0.4 is 5.32 Å². The van der Waals surface area contributed by atoms with Gasteiger partial charge in [0.05, 0.1) is 23.7 Å². The molecule has 0 spiro atoms. The number of nitrogens with one attached hydrogen (secondary N) is 1. The molecular weight excluding hydrogens is 257 g/mol. The SMILES string of the molecule is O=[N+]([O-])c1cc(F)c(F)c(F)c1NCC(O)CO. The van der Waals surface area contributed by atoms with Crippen molar-refractivity contribution in [2.24, 2.45) is 0 Å². The Kier molecular flexibility index (Phi) is 4.45. The van der Waals surface area contributed by atoms with Crippen molar-refractivity contribution in [2.75, 3.05) is 18.5 Å². The first-order valence-corrected chi connectivity index (χ1v) is 4.73. The van der Waals surface area contributed by atoms with E-state index in [0.29, 0.717) is 0 Å². The monoisotopic (exact) mass is 266 g/mol. The van der Waals surface area contributed by atoms with Gasteiger partial charge in [-0.2, -0.15) is 0 Å². The van der Waals surface area contributed by atoms with Crippen LogP contribution in [0, 0.1) is 27.6 Å². The van der Waals surface area contributed by atoms with Crippen molar-refractivity contribution in [3.63, 3.8) is 0 Å². The Bertz CT molecular complexity index is 470. The minimum Gasteiger partial charge on any atom is -0.394 e. The molecule has 1 aromatic rings. The molecule has 0 aliphatic heterocycles. The summed E-state index contributed by atoms with van der Waals surface area (Å²) in [6, 6.07) is 0.228. The molecule has 0 aliphatic carbocycles. The molecule has 1 aromatic carbocycles. The first-order valence-electron chi connectivity index (χ1n) is 4.73. The van der Waals surface area contributed by atoms with Crippen molar-refractivity contribution in [1.29, 1.82) is 0 Å². The number of hydrogen-bond acceptors (Lipinski definition) is 5. The highest BCUT2D eigenvalue weighted by Crippen LogP contribution is 2.30. The van der Waals surface area contributed by atoms with Gasteiger partial charge in [-0.1, -0.05) is 0 Å². The predicted octanol–water partition coefficient (Wildman–Crippen LogP) is 0.777. The van der Waals surface area contributed by atoms with Crippen molar-refractivity contribution in [3.8, 4) is 0 Å². The quantitative estimate of drug-likeness (QED) is 0.416. The van der Waals surface area contributed by atoms with E-state index in [1.807, 2.05) is 5.32 Å². The Hall–Kier alpha value is -1.87. The maximum Gasteiger partial charge on any atom is 0.298 e. The van der Waals surface area contributed by atoms with Crippen LogP contribution in [0.2, 0.25) is 0 Å². The lowest BCUT2D eigenvalue weighted by Gasteiger charge is -2.11. The van der Waals surface area contributed by atoms with Crippen molar-refractivity contribution >= 4 is 11.4 Å². The third-order valence-corrected chi connectivity index (χ3v) is 2.06. The minimum atomic E-state index is -1.86. The van der Waals surface area contributed by atoms with E-state index < -0.39 is 53.0 Å². The van der Waals surface area contributed by atoms with Gasteiger partial charge in [-0.15, -0.1) is 0 Å². The van der Waals surface area contributed by atoms with E-state index in [1.165, 1.54) is 0 Å². The second-order valence-corrected chi connectivity index (χ2v) is 3.35. The van der Waals surface area contributed by atoms with E-state index in [9.17, 15) is 23.3 Å². The average Bonchev–Trinajstić information content (AvgIpc) is 2.33. The number of nitro groups is 1. The van der Waals surface area contributed by atoms with E-state index in [0.717, 1.165) is 0 Å². The zero-order chi connectivity index (χ0) is 13.9. The van der Waals surface area contributed by atoms with Crippen LogP contribution in [0.5, 0.6) is 0 Å². The lowest BCUT2D eigenvalue weighted by atomic mass is 10.2. The lowest BCUT2D eigenvalue weighted by molar-refractivity contribution is -0.384. The van der Waals surface area contributed by atoms with Crippen molar-refractivity contribution in [2.45, 2.75) is 6.10 Å². The number of aliphatic hydroxyl groups is 2. The van der Waals surface area contributed by atoms with Gasteiger partial charge in [-0.25, -0.2) is 13.2 Å². The van der Waals surface area contributed by atoms with E-state index in [4.69, 9.17) is 10.2 Å². The highest BCUT2D eigenvalue weighted by Gasteiger charge is 2.25. The Morgan fingerprint density at radius 2 is 2.00 bits per heavy atom. The topological polar surface area (TPSA) is 95.6 Å². The predicted molar refractivity (Wildman–Crippen MR) is 54.6 cm³/mol. The highest BCUT2D eigenvalue weighted by atomic mass is 19.2. The van der Waals surface area contributed by atoms with Crippen LogP contribution in [0.3, 0.4) is 0 Å². The molecule has 0 aromatic heterocycles. The first-order chi connectivity index (χ1) is 8.38. The van der Waals surface area contributed by atoms with E-state index in [1.54, 1.807) is 0 Å². The van der Waals surface area contributed by atoms with Gasteiger partial charge in [0.15, 0.2) is 23.1 Å². The number of halogens is 3. The summed E-state index contributed by atoms with van der Waals surface area (Å²) in [6.45, 7) is -1.13. The fourth-order valence-electron chi connectivity index (χ4n) is 1.18. The van der Waals surface area contributed by atoms with Crippen LogP contribution in [0.25, 0.3) is 0 Å². The van der Waals surface area contributed by atoms with E-state index in [-0.39, 0.29) is 6.07 Å². The van der Waals surface area contributed by atoms with Gasteiger partial charge in [-0.3, -0.25) is 10.1 Å². The molecule has 0 aliphatic rings. The van der Waals surface area contributed by atoms with Crippen molar-refractivity contribution in [3.05, 3.63) is 33.6 Å². The van der Waals surface area contributed by atoms with Gasteiger partial charge in [-0.05, 0) is 0 Å². The molecule has 0 saturated heterocycles. The first kappa shape index (κ1) is 14.2. The third kappa shape index (κ3) is 2.87. The summed E-state index contributed by atoms with van der Waals surface area (Å²) in [7, 11) is 0. The summed E-state index contributed by atoms with van der Waals surface area (Å²) in [4.78, 5) is 9.45. The van der Waals surface area contributed by atoms with Crippen LogP contribution >= 0.6 is 0 Å². The normalized spacial score (nSPS) is 12.3. The molecule has 0 fully saturated rings. The molecule has 0 heterocycles. The van der Waals surface area contributed by atoms with Crippen LogP contribution in [0.1, 0.15) is 0 Å². The van der Waals surface area contributed by atoms with Gasteiger partial charge < -0.3 is 15.5 Å². The summed E-state index contributed by atoms with van der Waals surface area (Å²) in [5.74, 6) is -5.30. The van der Waals surface area contributed by atoms with Crippen molar-refractivity contribution in [1.82, 2.24) is 0 Å². The molecule has 0 radical (unpaired) electrons. The highest BCUT2D eigenvalue weighted by molar-refractivity contribution is 5.62. The molecule has 1 rings (SSSR count). The molecular formula is C9H9F3N2O4. The molecule has 0 saturated carbocycles. The molecule has 3 N–H and O–H groups in total. The van der Waals surface area contributed by atoms with E-state index >= 15 is 0 Å². The van der Waals surface area contributed by atoms with Crippen molar-refractivity contribution < 1.29 is 28.3 Å². The number of anilines is 1. The number of benzene rings is 1. The molecule has 6 nitrogen and oxygen atoms in total. The van der Waals surface area contributed by atoms with Gasteiger partial charge in [0.1, 0.15) is 0 Å². The maximum atomic E-state index is 13.3. The second-order valence-electron chi connectivity index (χ2n) is 3.35. The summed E-state index contributed by atoms with van der Waals surface area (Å²) in [5, 5.41) is 30.1. The fraction of sp³-hybridized carbons (Fsp3) is 0.333. The molecule has 100 valence electrons. The zero-order valence-corrected chi connectivity index (χ0v) is 8.86. The molecule has 1 atom stereocenters. The summed E-state index contributed by atoms with van der Waals surface area (Å²) >= 11 is 0. The number of rotatable bonds is 5. The second kappa shape index (κ2) is 5.65. The summed E-state index contributed by atoms with van der Waals surface area (Å²) < 4.78 is 39.0. The Morgan fingerprint density at radius 1 is 1.39 bits per heavy atom. The van der Waals surface area contributed by atoms with Gasteiger partial charge in [0.2, 0.25) is 0 Å². The van der Waals surface area contributed by atoms with Gasteiger partial charge in [0.25, 0.3) is 5.69 Å². The zero-order valence-electron chi connectivity index (χ0n) is 8.86. The Labute approximate surface area is 98.8 Å². The smallest absolute Gasteiger partial charge is 0.298 e. The van der Waals surface area contributed by atoms with Crippen LogP contribution in [0.15, 0.2) is 6.07 Å². The average molecular weight is 266 g/mol. The number of hydrogen-bond donors (Lipinski definition) is 3. The number of nitro benzene ring substituents is 1. The van der Waals surface area contributed by atoms with Gasteiger partial charge >= 0.3 is 0 Å². The molecule has 9 heteroatoms.